The van der Waals surface area contributed by atoms with Crippen LogP contribution in [0.15, 0.2) is 17.2 Å². The quantitative estimate of drug-likeness (QED) is 0.656. The van der Waals surface area contributed by atoms with Gasteiger partial charge in [0.25, 0.3) is 0 Å². The molecule has 0 bridgehead atoms. The number of carbonyl (C=O) groups is 1. The molecule has 0 aliphatic rings. The molecule has 0 unspecified atom stereocenters. The van der Waals surface area contributed by atoms with E-state index in [9.17, 15) is 4.79 Å². The summed E-state index contributed by atoms with van der Waals surface area (Å²) in [4.78, 5) is 18.5. The van der Waals surface area contributed by atoms with Gasteiger partial charge in [0.2, 0.25) is 11.8 Å². The minimum atomic E-state index is -0.0926. The summed E-state index contributed by atoms with van der Waals surface area (Å²) in [6, 6.07) is 0. The maximum Gasteiger partial charge on any atom is 0.235 e. The molecule has 0 aliphatic carbocycles. The Morgan fingerprint density at radius 3 is 2.76 bits per heavy atom. The molecule has 1 amide bonds. The van der Waals surface area contributed by atoms with E-state index in [4.69, 9.17) is 4.52 Å². The highest BCUT2D eigenvalue weighted by Crippen LogP contribution is 2.15. The molecular weight excluding hydrogens is 286 g/mol. The minimum absolute atomic E-state index is 0.0926. The van der Waals surface area contributed by atoms with Gasteiger partial charge in [-0.1, -0.05) is 25.1 Å². The first-order valence-electron chi connectivity index (χ1n) is 7.30. The summed E-state index contributed by atoms with van der Waals surface area (Å²) in [7, 11) is 0. The van der Waals surface area contributed by atoms with E-state index < -0.39 is 0 Å². The monoisotopic (exact) mass is 311 g/mol. The third kappa shape index (κ3) is 5.91. The van der Waals surface area contributed by atoms with Crippen molar-refractivity contribution in [1.82, 2.24) is 15.0 Å². The fraction of sp³-hybridized carbons (Fsp3) is 0.667. The molecule has 6 heteroatoms. The molecule has 0 aromatic carbocycles. The number of carbonyl (C=O) groups excluding carboxylic acids is 1. The van der Waals surface area contributed by atoms with Gasteiger partial charge in [0.15, 0.2) is 5.82 Å². The van der Waals surface area contributed by atoms with E-state index in [1.165, 1.54) is 0 Å². The van der Waals surface area contributed by atoms with Crippen molar-refractivity contribution in [3.05, 3.63) is 24.4 Å². The van der Waals surface area contributed by atoms with E-state index >= 15 is 0 Å². The van der Waals surface area contributed by atoms with Crippen LogP contribution in [0.1, 0.15) is 39.4 Å². The average Bonchev–Trinajstić information content (AvgIpc) is 2.87. The van der Waals surface area contributed by atoms with Gasteiger partial charge in [-0.25, -0.2) is 0 Å². The number of nitrogens with zero attached hydrogens (tertiary/aromatic N) is 3. The molecule has 1 heterocycles. The minimum Gasteiger partial charge on any atom is -0.339 e. The maximum absolute atomic E-state index is 12.4. The highest BCUT2D eigenvalue weighted by Gasteiger charge is 2.21. The highest BCUT2D eigenvalue weighted by atomic mass is 32.2. The van der Waals surface area contributed by atoms with Crippen LogP contribution in [0.25, 0.3) is 0 Å². The summed E-state index contributed by atoms with van der Waals surface area (Å²) in [6.07, 6.45) is 2.57. The van der Waals surface area contributed by atoms with Gasteiger partial charge in [0, 0.05) is 18.7 Å². The summed E-state index contributed by atoms with van der Waals surface area (Å²) in [5.41, 5.74) is 0. The number of thioether (sulfide) groups is 1. The lowest BCUT2D eigenvalue weighted by Gasteiger charge is -2.22. The number of aromatic nitrogens is 2. The van der Waals surface area contributed by atoms with Crippen LogP contribution >= 0.6 is 11.8 Å². The van der Waals surface area contributed by atoms with Crippen molar-refractivity contribution in [2.24, 2.45) is 5.92 Å². The predicted octanol–water partition coefficient (Wildman–Crippen LogP) is 2.92. The van der Waals surface area contributed by atoms with Gasteiger partial charge in [-0.15, -0.1) is 18.3 Å². The van der Waals surface area contributed by atoms with Gasteiger partial charge in [-0.2, -0.15) is 4.98 Å². The Bertz CT molecular complexity index is 460. The Kier molecular flexibility index (Phi) is 7.50. The van der Waals surface area contributed by atoms with Crippen LogP contribution in [0.4, 0.5) is 0 Å². The van der Waals surface area contributed by atoms with Crippen molar-refractivity contribution in [1.29, 1.82) is 0 Å². The molecule has 0 saturated heterocycles. The molecule has 0 fully saturated rings. The van der Waals surface area contributed by atoms with Gasteiger partial charge >= 0.3 is 0 Å². The zero-order valence-electron chi connectivity index (χ0n) is 13.3. The fourth-order valence-corrected chi connectivity index (χ4v) is 2.56. The van der Waals surface area contributed by atoms with Crippen LogP contribution in [0.3, 0.4) is 0 Å². The molecule has 0 radical (unpaired) electrons. The van der Waals surface area contributed by atoms with Crippen molar-refractivity contribution in [2.75, 3.05) is 12.3 Å². The highest BCUT2D eigenvalue weighted by molar-refractivity contribution is 8.00. The smallest absolute Gasteiger partial charge is 0.235 e. The molecule has 1 aromatic rings. The van der Waals surface area contributed by atoms with E-state index in [0.29, 0.717) is 30.7 Å². The Hall–Kier alpha value is -1.30. The lowest BCUT2D eigenvalue weighted by atomic mass is 10.1. The number of rotatable bonds is 9. The second-order valence-corrected chi connectivity index (χ2v) is 6.69. The van der Waals surface area contributed by atoms with Crippen LogP contribution in [0, 0.1) is 5.92 Å². The van der Waals surface area contributed by atoms with E-state index in [0.717, 1.165) is 12.2 Å². The third-order valence-electron chi connectivity index (χ3n) is 2.93. The molecule has 1 aromatic heterocycles. The van der Waals surface area contributed by atoms with Crippen molar-refractivity contribution in [2.45, 2.75) is 45.9 Å². The summed E-state index contributed by atoms with van der Waals surface area (Å²) in [5.74, 6) is 2.54. The number of hydrogen-bond acceptors (Lipinski definition) is 5. The largest absolute Gasteiger partial charge is 0.339 e. The van der Waals surface area contributed by atoms with Crippen LogP contribution < -0.4 is 0 Å². The Balaban J connectivity index is 2.62. The first-order valence-corrected chi connectivity index (χ1v) is 8.35. The van der Waals surface area contributed by atoms with E-state index in [1.54, 1.807) is 16.7 Å². The Morgan fingerprint density at radius 2 is 2.19 bits per heavy atom. The summed E-state index contributed by atoms with van der Waals surface area (Å²) >= 11 is 1.58. The molecule has 0 N–H and O–H groups in total. The lowest BCUT2D eigenvalue weighted by Crippen LogP contribution is -2.36. The van der Waals surface area contributed by atoms with Crippen molar-refractivity contribution < 1.29 is 9.32 Å². The molecule has 1 rings (SSSR count). The van der Waals surface area contributed by atoms with Crippen LogP contribution in [-0.2, 0) is 17.8 Å². The van der Waals surface area contributed by atoms with Gasteiger partial charge in [0.1, 0.15) is 0 Å². The summed E-state index contributed by atoms with van der Waals surface area (Å²) in [5, 5.41) is 3.87. The average molecular weight is 311 g/mol. The lowest BCUT2D eigenvalue weighted by molar-refractivity contribution is -0.130. The summed E-state index contributed by atoms with van der Waals surface area (Å²) in [6.45, 7) is 12.8. The Morgan fingerprint density at radius 1 is 1.48 bits per heavy atom. The predicted molar refractivity (Wildman–Crippen MR) is 86.0 cm³/mol. The molecule has 0 saturated carbocycles. The van der Waals surface area contributed by atoms with Crippen LogP contribution in [-0.4, -0.2) is 38.5 Å². The third-order valence-corrected chi connectivity index (χ3v) is 4.06. The normalized spacial score (nSPS) is 12.4. The van der Waals surface area contributed by atoms with Crippen LogP contribution in [0.2, 0.25) is 0 Å². The van der Waals surface area contributed by atoms with Crippen LogP contribution in [0.5, 0.6) is 0 Å². The number of hydrogen-bond donors (Lipinski definition) is 0. The fourth-order valence-electron chi connectivity index (χ4n) is 1.84. The van der Waals surface area contributed by atoms with Gasteiger partial charge in [-0.05, 0) is 19.8 Å². The van der Waals surface area contributed by atoms with Crippen molar-refractivity contribution >= 4 is 17.7 Å². The van der Waals surface area contributed by atoms with Gasteiger partial charge in [0.05, 0.1) is 11.8 Å². The molecular formula is C15H25N3O2S. The molecule has 0 aliphatic heterocycles. The first-order chi connectivity index (χ1) is 9.97. The first kappa shape index (κ1) is 17.8. The topological polar surface area (TPSA) is 59.2 Å². The van der Waals surface area contributed by atoms with E-state index in [1.807, 2.05) is 19.9 Å². The van der Waals surface area contributed by atoms with Gasteiger partial charge < -0.3 is 9.42 Å². The second kappa shape index (κ2) is 8.87. The van der Waals surface area contributed by atoms with E-state index in [2.05, 4.69) is 30.6 Å². The Labute approximate surface area is 131 Å². The van der Waals surface area contributed by atoms with E-state index in [-0.39, 0.29) is 11.2 Å². The molecule has 5 nitrogen and oxygen atoms in total. The molecule has 118 valence electrons. The second-order valence-electron chi connectivity index (χ2n) is 5.32. The SMILES string of the molecule is C=CCS[C@H](C)C(=O)N(CC)Cc1noc(CC(C)C)n1. The van der Waals surface area contributed by atoms with Crippen molar-refractivity contribution in [3.63, 3.8) is 0 Å². The van der Waals surface area contributed by atoms with Crippen molar-refractivity contribution in [3.8, 4) is 0 Å². The number of amides is 1. The molecule has 0 spiro atoms. The zero-order valence-corrected chi connectivity index (χ0v) is 14.2. The standard InChI is InChI=1S/C15H25N3O2S/c1-6-8-21-12(5)15(19)18(7-2)10-13-16-14(20-17-13)9-11(3)4/h6,11-12H,1,7-10H2,2-5H3/t12-/m1/s1. The zero-order chi connectivity index (χ0) is 15.8. The summed E-state index contributed by atoms with van der Waals surface area (Å²) < 4.78 is 5.21. The maximum atomic E-state index is 12.4. The molecule has 21 heavy (non-hydrogen) atoms. The van der Waals surface area contributed by atoms with Gasteiger partial charge in [-0.3, -0.25) is 4.79 Å². The molecule has 1 atom stereocenters.